The maximum atomic E-state index is 6.26. The fraction of sp³-hybridized carbons (Fsp3) is 0.312. The summed E-state index contributed by atoms with van der Waals surface area (Å²) in [6.45, 7) is 6.74. The van der Waals surface area contributed by atoms with E-state index in [-0.39, 0.29) is 5.41 Å². The number of terminal acetylenes is 1. The summed E-state index contributed by atoms with van der Waals surface area (Å²) in [6.07, 6.45) is 5.45. The van der Waals surface area contributed by atoms with Gasteiger partial charge in [0.1, 0.15) is 17.3 Å². The maximum absolute atomic E-state index is 6.26. The molecule has 0 amide bonds. The molecule has 2 aromatic rings. The Morgan fingerprint density at radius 1 is 1.40 bits per heavy atom. The second-order valence-electron chi connectivity index (χ2n) is 5.72. The maximum Gasteiger partial charge on any atom is 0.132 e. The normalized spacial score (nSPS) is 11.3. The first-order chi connectivity index (χ1) is 9.34. The highest BCUT2D eigenvalue weighted by molar-refractivity contribution is 9.10. The highest BCUT2D eigenvalue weighted by Crippen LogP contribution is 2.32. The molecule has 0 spiro atoms. The van der Waals surface area contributed by atoms with Gasteiger partial charge in [-0.25, -0.2) is 4.98 Å². The van der Waals surface area contributed by atoms with E-state index in [0.29, 0.717) is 12.4 Å². The molecular weight excluding hydrogens is 314 g/mol. The topological polar surface area (TPSA) is 43.8 Å². The van der Waals surface area contributed by atoms with Crippen molar-refractivity contribution in [2.24, 2.45) is 0 Å². The van der Waals surface area contributed by atoms with E-state index in [9.17, 15) is 0 Å². The SMILES string of the molecule is C#CCn1c(C(C)(C)C)nc(-c2cccc(Br)c2)c1N. The first-order valence-electron chi connectivity index (χ1n) is 6.40. The van der Waals surface area contributed by atoms with Crippen LogP contribution in [0.4, 0.5) is 5.82 Å². The molecule has 2 N–H and O–H groups in total. The van der Waals surface area contributed by atoms with Crippen LogP contribution < -0.4 is 5.73 Å². The molecule has 0 saturated heterocycles. The van der Waals surface area contributed by atoms with Gasteiger partial charge in [0.15, 0.2) is 0 Å². The van der Waals surface area contributed by atoms with Crippen molar-refractivity contribution in [2.75, 3.05) is 5.73 Å². The van der Waals surface area contributed by atoms with Gasteiger partial charge in [0, 0.05) is 15.5 Å². The van der Waals surface area contributed by atoms with E-state index in [1.165, 1.54) is 0 Å². The Bertz CT molecular complexity index is 672. The van der Waals surface area contributed by atoms with Crippen LogP contribution in [0, 0.1) is 12.3 Å². The number of rotatable bonds is 2. The fourth-order valence-electron chi connectivity index (χ4n) is 2.14. The lowest BCUT2D eigenvalue weighted by Crippen LogP contribution is -2.19. The van der Waals surface area contributed by atoms with Crippen molar-refractivity contribution in [1.82, 2.24) is 9.55 Å². The smallest absolute Gasteiger partial charge is 0.132 e. The average Bonchev–Trinajstić information content (AvgIpc) is 2.68. The molecule has 0 aliphatic carbocycles. The third-order valence-electron chi connectivity index (χ3n) is 3.03. The van der Waals surface area contributed by atoms with Crippen LogP contribution in [0.15, 0.2) is 28.7 Å². The fourth-order valence-corrected chi connectivity index (χ4v) is 2.54. The average molecular weight is 332 g/mol. The van der Waals surface area contributed by atoms with Gasteiger partial charge in [-0.2, -0.15) is 0 Å². The Kier molecular flexibility index (Phi) is 3.92. The van der Waals surface area contributed by atoms with Gasteiger partial charge in [-0.15, -0.1) is 6.42 Å². The number of aromatic nitrogens is 2. The molecule has 2 rings (SSSR count). The zero-order valence-electron chi connectivity index (χ0n) is 11.9. The first-order valence-corrected chi connectivity index (χ1v) is 7.19. The van der Waals surface area contributed by atoms with Crippen LogP contribution in [0.25, 0.3) is 11.3 Å². The van der Waals surface area contributed by atoms with Crippen LogP contribution >= 0.6 is 15.9 Å². The predicted molar refractivity (Wildman–Crippen MR) is 87.3 cm³/mol. The van der Waals surface area contributed by atoms with Crippen molar-refractivity contribution >= 4 is 21.7 Å². The molecule has 0 atom stereocenters. The number of nitrogens with zero attached hydrogens (tertiary/aromatic N) is 2. The summed E-state index contributed by atoms with van der Waals surface area (Å²) in [4.78, 5) is 4.73. The largest absolute Gasteiger partial charge is 0.383 e. The van der Waals surface area contributed by atoms with Gasteiger partial charge in [0.25, 0.3) is 0 Å². The molecular formula is C16H18BrN3. The summed E-state index contributed by atoms with van der Waals surface area (Å²) in [7, 11) is 0. The van der Waals surface area contributed by atoms with Gasteiger partial charge < -0.3 is 10.3 Å². The van der Waals surface area contributed by atoms with E-state index in [4.69, 9.17) is 17.1 Å². The molecule has 1 aromatic heterocycles. The lowest BCUT2D eigenvalue weighted by atomic mass is 9.95. The van der Waals surface area contributed by atoms with Crippen LogP contribution in [-0.2, 0) is 12.0 Å². The van der Waals surface area contributed by atoms with Crippen molar-refractivity contribution in [3.8, 4) is 23.6 Å². The Balaban J connectivity index is 2.65. The van der Waals surface area contributed by atoms with Gasteiger partial charge in [-0.1, -0.05) is 54.8 Å². The number of anilines is 1. The van der Waals surface area contributed by atoms with E-state index >= 15 is 0 Å². The summed E-state index contributed by atoms with van der Waals surface area (Å²) in [6, 6.07) is 7.94. The van der Waals surface area contributed by atoms with E-state index in [0.717, 1.165) is 21.6 Å². The second-order valence-corrected chi connectivity index (χ2v) is 6.64. The number of hydrogen-bond acceptors (Lipinski definition) is 2. The quantitative estimate of drug-likeness (QED) is 0.850. The number of nitrogens with two attached hydrogens (primary N) is 1. The predicted octanol–water partition coefficient (Wildman–Crippen LogP) is 3.83. The van der Waals surface area contributed by atoms with Gasteiger partial charge in [0.05, 0.1) is 6.54 Å². The van der Waals surface area contributed by atoms with Gasteiger partial charge in [-0.05, 0) is 12.1 Å². The molecule has 0 aliphatic heterocycles. The Hall–Kier alpha value is -1.73. The van der Waals surface area contributed by atoms with Crippen molar-refractivity contribution in [3.05, 3.63) is 34.6 Å². The number of hydrogen-bond donors (Lipinski definition) is 1. The van der Waals surface area contributed by atoms with Crippen LogP contribution in [0.5, 0.6) is 0 Å². The minimum atomic E-state index is -0.116. The third-order valence-corrected chi connectivity index (χ3v) is 3.52. The molecule has 0 bridgehead atoms. The number of benzene rings is 1. The number of halogens is 1. The van der Waals surface area contributed by atoms with E-state index in [1.54, 1.807) is 0 Å². The summed E-state index contributed by atoms with van der Waals surface area (Å²) in [5, 5.41) is 0. The summed E-state index contributed by atoms with van der Waals surface area (Å²) < 4.78 is 2.91. The Labute approximate surface area is 128 Å². The van der Waals surface area contributed by atoms with Crippen molar-refractivity contribution in [2.45, 2.75) is 32.7 Å². The summed E-state index contributed by atoms with van der Waals surface area (Å²) in [5.41, 5.74) is 7.91. The standard InChI is InChI=1S/C16H18BrN3/c1-5-9-20-14(18)13(19-15(20)16(2,3)4)11-7-6-8-12(17)10-11/h1,6-8,10H,9,18H2,2-4H3. The Morgan fingerprint density at radius 3 is 2.65 bits per heavy atom. The van der Waals surface area contributed by atoms with Crippen LogP contribution in [-0.4, -0.2) is 9.55 Å². The minimum absolute atomic E-state index is 0.116. The molecule has 0 aliphatic rings. The van der Waals surface area contributed by atoms with Gasteiger partial charge in [-0.3, -0.25) is 0 Å². The summed E-state index contributed by atoms with van der Waals surface area (Å²) >= 11 is 3.47. The lowest BCUT2D eigenvalue weighted by molar-refractivity contribution is 0.517. The molecule has 0 radical (unpaired) electrons. The molecule has 1 aromatic carbocycles. The summed E-state index contributed by atoms with van der Waals surface area (Å²) in [5.74, 6) is 4.17. The number of nitrogen functional groups attached to an aromatic ring is 1. The van der Waals surface area contributed by atoms with Gasteiger partial charge in [0.2, 0.25) is 0 Å². The first kappa shape index (κ1) is 14.7. The van der Waals surface area contributed by atoms with Crippen LogP contribution in [0.1, 0.15) is 26.6 Å². The van der Waals surface area contributed by atoms with E-state index in [1.807, 2.05) is 28.8 Å². The molecule has 20 heavy (non-hydrogen) atoms. The zero-order chi connectivity index (χ0) is 14.9. The molecule has 1 heterocycles. The zero-order valence-corrected chi connectivity index (χ0v) is 13.5. The molecule has 104 valence electrons. The highest BCUT2D eigenvalue weighted by atomic mass is 79.9. The van der Waals surface area contributed by atoms with Crippen molar-refractivity contribution in [1.29, 1.82) is 0 Å². The molecule has 4 heteroatoms. The highest BCUT2D eigenvalue weighted by Gasteiger charge is 2.25. The van der Waals surface area contributed by atoms with E-state index in [2.05, 4.69) is 42.6 Å². The second kappa shape index (κ2) is 5.34. The monoisotopic (exact) mass is 331 g/mol. The molecule has 0 unspecified atom stereocenters. The molecule has 0 fully saturated rings. The minimum Gasteiger partial charge on any atom is -0.383 e. The van der Waals surface area contributed by atoms with Crippen LogP contribution in [0.2, 0.25) is 0 Å². The third kappa shape index (κ3) is 2.73. The van der Waals surface area contributed by atoms with Crippen molar-refractivity contribution in [3.63, 3.8) is 0 Å². The Morgan fingerprint density at radius 2 is 2.10 bits per heavy atom. The van der Waals surface area contributed by atoms with Crippen LogP contribution in [0.3, 0.4) is 0 Å². The lowest BCUT2D eigenvalue weighted by Gasteiger charge is -2.18. The molecule has 0 saturated carbocycles. The number of imidazole rings is 1. The van der Waals surface area contributed by atoms with Gasteiger partial charge >= 0.3 is 0 Å². The molecule has 3 nitrogen and oxygen atoms in total. The van der Waals surface area contributed by atoms with Crippen molar-refractivity contribution < 1.29 is 0 Å². The van der Waals surface area contributed by atoms with E-state index < -0.39 is 0 Å².